The molecule has 3 aromatic rings. The van der Waals surface area contributed by atoms with Crippen molar-refractivity contribution in [1.82, 2.24) is 14.8 Å². The number of nitrogens with zero attached hydrogens (tertiary/aromatic N) is 4. The number of pyridine rings is 1. The van der Waals surface area contributed by atoms with Crippen molar-refractivity contribution in [2.75, 3.05) is 11.1 Å². The number of aromatic nitrogens is 3. The summed E-state index contributed by atoms with van der Waals surface area (Å²) in [6.07, 6.45) is 3.43. The lowest BCUT2D eigenvalue weighted by molar-refractivity contribution is 0.355. The largest absolute Gasteiger partial charge is 0.383 e. The quantitative estimate of drug-likeness (QED) is 0.395. The van der Waals surface area contributed by atoms with Gasteiger partial charge in [-0.3, -0.25) is 4.99 Å². The minimum Gasteiger partial charge on any atom is -0.383 e. The first-order chi connectivity index (χ1) is 13.3. The molecule has 0 aliphatic carbocycles. The molecule has 8 heteroatoms. The summed E-state index contributed by atoms with van der Waals surface area (Å²) in [4.78, 5) is 8.84. The van der Waals surface area contributed by atoms with Crippen LogP contribution >= 0.6 is 34.2 Å². The highest BCUT2D eigenvalue weighted by Gasteiger charge is 2.17. The van der Waals surface area contributed by atoms with Crippen LogP contribution in [0, 0.1) is 3.70 Å². The van der Waals surface area contributed by atoms with Crippen molar-refractivity contribution in [1.29, 1.82) is 0 Å². The SMILES string of the molecule is CC(C)(C)n1ncc(=NCc2ccc(Nc3cccnc3I)cc2)c(Cl)c1N. The molecule has 1 aromatic carbocycles. The molecular weight excluding hydrogens is 487 g/mol. The number of hydrogen-bond acceptors (Lipinski definition) is 5. The van der Waals surface area contributed by atoms with Gasteiger partial charge in [0.25, 0.3) is 0 Å². The van der Waals surface area contributed by atoms with Crippen LogP contribution in [0.25, 0.3) is 0 Å². The molecule has 0 saturated carbocycles. The summed E-state index contributed by atoms with van der Waals surface area (Å²) in [6.45, 7) is 6.55. The Morgan fingerprint density at radius 3 is 2.57 bits per heavy atom. The number of hydrogen-bond donors (Lipinski definition) is 2. The first kappa shape index (κ1) is 20.6. The van der Waals surface area contributed by atoms with E-state index in [0.717, 1.165) is 20.6 Å². The van der Waals surface area contributed by atoms with Crippen molar-refractivity contribution >= 4 is 51.4 Å². The molecule has 3 N–H and O–H groups in total. The predicted octanol–water partition coefficient (Wildman–Crippen LogP) is 4.72. The number of anilines is 3. The van der Waals surface area contributed by atoms with E-state index in [1.807, 2.05) is 57.2 Å². The monoisotopic (exact) mass is 508 g/mol. The van der Waals surface area contributed by atoms with E-state index in [9.17, 15) is 0 Å². The summed E-state index contributed by atoms with van der Waals surface area (Å²) in [5.74, 6) is 0.418. The minimum absolute atomic E-state index is 0.249. The molecule has 0 fully saturated rings. The second-order valence-electron chi connectivity index (χ2n) is 7.29. The maximum atomic E-state index is 6.40. The zero-order chi connectivity index (χ0) is 20.3. The Hall–Kier alpha value is -2.13. The summed E-state index contributed by atoms with van der Waals surface area (Å²) in [5, 5.41) is 8.76. The Labute approximate surface area is 183 Å². The lowest BCUT2D eigenvalue weighted by Crippen LogP contribution is -2.29. The number of halogens is 2. The summed E-state index contributed by atoms with van der Waals surface area (Å²) in [5.41, 5.74) is 8.92. The smallest absolute Gasteiger partial charge is 0.141 e. The maximum Gasteiger partial charge on any atom is 0.141 e. The molecule has 0 amide bonds. The minimum atomic E-state index is -0.249. The zero-order valence-electron chi connectivity index (χ0n) is 15.9. The Kier molecular flexibility index (Phi) is 6.24. The van der Waals surface area contributed by atoms with Gasteiger partial charge in [-0.1, -0.05) is 23.7 Å². The molecule has 3 rings (SSSR count). The van der Waals surface area contributed by atoms with E-state index < -0.39 is 0 Å². The number of nitrogens with one attached hydrogen (secondary N) is 1. The number of nitrogen functional groups attached to an aromatic ring is 1. The van der Waals surface area contributed by atoms with Gasteiger partial charge in [0.1, 0.15) is 19.9 Å². The first-order valence-electron chi connectivity index (χ1n) is 8.76. The van der Waals surface area contributed by atoms with Crippen LogP contribution in [0.15, 0.2) is 53.8 Å². The van der Waals surface area contributed by atoms with Gasteiger partial charge in [-0.25, -0.2) is 9.67 Å². The number of benzene rings is 1. The normalized spacial score (nSPS) is 12.2. The van der Waals surface area contributed by atoms with Crippen LogP contribution in [-0.2, 0) is 12.1 Å². The molecule has 0 aliphatic rings. The topological polar surface area (TPSA) is 81.1 Å². The molecule has 146 valence electrons. The van der Waals surface area contributed by atoms with Crippen LogP contribution in [0.5, 0.6) is 0 Å². The Balaban J connectivity index is 1.76. The third kappa shape index (κ3) is 4.82. The van der Waals surface area contributed by atoms with E-state index in [2.05, 4.69) is 43.0 Å². The summed E-state index contributed by atoms with van der Waals surface area (Å²) in [7, 11) is 0. The maximum absolute atomic E-state index is 6.40. The van der Waals surface area contributed by atoms with E-state index in [1.54, 1.807) is 17.1 Å². The molecule has 0 radical (unpaired) electrons. The van der Waals surface area contributed by atoms with Gasteiger partial charge >= 0.3 is 0 Å². The van der Waals surface area contributed by atoms with Crippen molar-refractivity contribution in [2.24, 2.45) is 4.99 Å². The zero-order valence-corrected chi connectivity index (χ0v) is 18.9. The van der Waals surface area contributed by atoms with Crippen molar-refractivity contribution in [3.05, 3.63) is 68.4 Å². The molecule has 0 bridgehead atoms. The van der Waals surface area contributed by atoms with Crippen LogP contribution in [0.2, 0.25) is 5.02 Å². The van der Waals surface area contributed by atoms with Crippen molar-refractivity contribution in [2.45, 2.75) is 32.9 Å². The van der Waals surface area contributed by atoms with Crippen LogP contribution in [0.1, 0.15) is 26.3 Å². The van der Waals surface area contributed by atoms with E-state index in [-0.39, 0.29) is 5.54 Å². The van der Waals surface area contributed by atoms with Gasteiger partial charge in [-0.05, 0) is 73.2 Å². The summed E-state index contributed by atoms with van der Waals surface area (Å²) >= 11 is 8.61. The fourth-order valence-corrected chi connectivity index (χ4v) is 3.27. The molecule has 0 atom stereocenters. The molecule has 0 spiro atoms. The van der Waals surface area contributed by atoms with E-state index in [0.29, 0.717) is 22.7 Å². The standard InChI is InChI=1S/C20H22ClIN6/c1-20(2,3)28-19(23)17(21)16(12-26-28)25-11-13-6-8-14(9-7-13)27-15-5-4-10-24-18(15)22/h4-10,12,27H,11,23H2,1-3H3. The molecule has 2 aromatic heterocycles. The summed E-state index contributed by atoms with van der Waals surface area (Å²) in [6, 6.07) is 12.0. The van der Waals surface area contributed by atoms with Gasteiger partial charge in [-0.2, -0.15) is 5.10 Å². The van der Waals surface area contributed by atoms with Gasteiger partial charge in [0, 0.05) is 11.9 Å². The average molecular weight is 509 g/mol. The molecule has 6 nitrogen and oxygen atoms in total. The van der Waals surface area contributed by atoms with Crippen LogP contribution in [0.4, 0.5) is 17.2 Å². The van der Waals surface area contributed by atoms with Crippen molar-refractivity contribution in [3.8, 4) is 0 Å². The van der Waals surface area contributed by atoms with Gasteiger partial charge in [-0.15, -0.1) is 0 Å². The molecular formula is C20H22ClIN6. The third-order valence-electron chi connectivity index (χ3n) is 4.03. The first-order valence-corrected chi connectivity index (χ1v) is 10.2. The van der Waals surface area contributed by atoms with E-state index in [4.69, 9.17) is 17.3 Å². The highest BCUT2D eigenvalue weighted by Crippen LogP contribution is 2.22. The Morgan fingerprint density at radius 1 is 1.21 bits per heavy atom. The number of nitrogens with two attached hydrogens (primary N) is 1. The summed E-state index contributed by atoms with van der Waals surface area (Å²) < 4.78 is 2.63. The average Bonchev–Trinajstić information content (AvgIpc) is 2.65. The highest BCUT2D eigenvalue weighted by atomic mass is 127. The van der Waals surface area contributed by atoms with Gasteiger partial charge in [0.15, 0.2) is 0 Å². The fourth-order valence-electron chi connectivity index (χ4n) is 2.61. The molecule has 0 saturated heterocycles. The second kappa shape index (κ2) is 8.48. The van der Waals surface area contributed by atoms with E-state index >= 15 is 0 Å². The van der Waals surface area contributed by atoms with Gasteiger partial charge in [0.2, 0.25) is 0 Å². The third-order valence-corrected chi connectivity index (χ3v) is 5.28. The lowest BCUT2D eigenvalue weighted by Gasteiger charge is -2.24. The van der Waals surface area contributed by atoms with Gasteiger partial charge in [0.05, 0.1) is 24.0 Å². The molecule has 2 heterocycles. The Morgan fingerprint density at radius 2 is 1.93 bits per heavy atom. The second-order valence-corrected chi connectivity index (χ2v) is 8.69. The van der Waals surface area contributed by atoms with Crippen molar-refractivity contribution < 1.29 is 0 Å². The lowest BCUT2D eigenvalue weighted by atomic mass is 10.1. The van der Waals surface area contributed by atoms with Crippen molar-refractivity contribution in [3.63, 3.8) is 0 Å². The molecule has 28 heavy (non-hydrogen) atoms. The molecule has 0 unspecified atom stereocenters. The van der Waals surface area contributed by atoms with Crippen LogP contribution in [-0.4, -0.2) is 14.8 Å². The van der Waals surface area contributed by atoms with Crippen LogP contribution in [0.3, 0.4) is 0 Å². The Bertz CT molecular complexity index is 1040. The highest BCUT2D eigenvalue weighted by molar-refractivity contribution is 14.1. The predicted molar refractivity (Wildman–Crippen MR) is 123 cm³/mol. The fraction of sp³-hybridized carbons (Fsp3) is 0.250. The van der Waals surface area contributed by atoms with E-state index in [1.165, 1.54) is 0 Å². The molecule has 0 aliphatic heterocycles. The number of rotatable bonds is 4. The van der Waals surface area contributed by atoms with Gasteiger partial charge < -0.3 is 11.1 Å². The van der Waals surface area contributed by atoms with Crippen LogP contribution < -0.4 is 16.4 Å².